The van der Waals surface area contributed by atoms with Gasteiger partial charge in [-0.15, -0.1) is 9.97 Å². The number of hydrogen-bond acceptors (Lipinski definition) is 3. The summed E-state index contributed by atoms with van der Waals surface area (Å²) in [5.41, 5.74) is 9.18. The van der Waals surface area contributed by atoms with E-state index in [9.17, 15) is 4.79 Å². The molecule has 0 aliphatic heterocycles. The van der Waals surface area contributed by atoms with Crippen LogP contribution in [0.4, 0.5) is 17.3 Å². The molecule has 2 rings (SSSR count). The van der Waals surface area contributed by atoms with E-state index in [-0.39, 0.29) is 5.91 Å². The number of nitrogens with two attached hydrogens (primary N) is 1. The predicted molar refractivity (Wildman–Crippen MR) is 90.3 cm³/mol. The van der Waals surface area contributed by atoms with Crippen molar-refractivity contribution < 1.29 is 9.79 Å². The third-order valence-corrected chi connectivity index (χ3v) is 3.00. The van der Waals surface area contributed by atoms with Crippen LogP contribution in [-0.2, 0) is 4.79 Å². The zero-order chi connectivity index (χ0) is 16.8. The number of aromatic nitrogens is 2. The maximum Gasteiger partial charge on any atom is 0.354 e. The second-order valence-corrected chi connectivity index (χ2v) is 5.12. The van der Waals surface area contributed by atoms with Gasteiger partial charge in [-0.1, -0.05) is 6.92 Å². The quantitative estimate of drug-likeness (QED) is 0.488. The van der Waals surface area contributed by atoms with Gasteiger partial charge in [0.1, 0.15) is 0 Å². The van der Waals surface area contributed by atoms with Crippen LogP contribution in [0.5, 0.6) is 0 Å². The number of rotatable bonds is 4. The molecule has 23 heavy (non-hydrogen) atoms. The minimum atomic E-state index is -0.0228. The molecule has 0 bridgehead atoms. The van der Waals surface area contributed by atoms with Gasteiger partial charge in [-0.25, -0.2) is 4.99 Å². The van der Waals surface area contributed by atoms with Crippen LogP contribution in [0.3, 0.4) is 0 Å². The van der Waals surface area contributed by atoms with Crippen molar-refractivity contribution in [3.8, 4) is 0 Å². The van der Waals surface area contributed by atoms with Gasteiger partial charge in [-0.2, -0.15) is 0 Å². The maximum absolute atomic E-state index is 11.3. The molecule has 1 heterocycles. The molecule has 7 nitrogen and oxygen atoms in total. The van der Waals surface area contributed by atoms with Crippen LogP contribution in [0.15, 0.2) is 30.3 Å². The predicted octanol–water partition coefficient (Wildman–Crippen LogP) is 0.581. The van der Waals surface area contributed by atoms with E-state index in [0.717, 1.165) is 22.8 Å². The summed E-state index contributed by atoms with van der Waals surface area (Å²) in [6.45, 7) is 5.60. The van der Waals surface area contributed by atoms with Crippen molar-refractivity contribution in [1.82, 2.24) is 9.97 Å². The van der Waals surface area contributed by atoms with Gasteiger partial charge >= 0.3 is 5.95 Å². The zero-order valence-electron chi connectivity index (χ0n) is 13.5. The first-order chi connectivity index (χ1) is 11.0. The Labute approximate surface area is 135 Å². The topological polar surface area (TPSA) is 107 Å². The van der Waals surface area contributed by atoms with Gasteiger partial charge in [0.15, 0.2) is 0 Å². The Morgan fingerprint density at radius 1 is 1.09 bits per heavy atom. The standard InChI is InChI=1S/C16H20N6O/c1-4-14(23)20-12-5-7-13(8-6-12)21-15(17)22-16-18-10(2)9-11(3)19-16/h5-9H,4H2,1-3H3,(H,20,23)(H3,17,18,19,21,22)/p+1. The molecule has 0 fully saturated rings. The molecular formula is C16H21N6O+. The van der Waals surface area contributed by atoms with Crippen molar-refractivity contribution in [1.29, 1.82) is 0 Å². The summed E-state index contributed by atoms with van der Waals surface area (Å²) in [5, 5.41) is 5.80. The van der Waals surface area contributed by atoms with E-state index in [0.29, 0.717) is 18.3 Å². The van der Waals surface area contributed by atoms with E-state index < -0.39 is 0 Å². The van der Waals surface area contributed by atoms with E-state index in [1.54, 1.807) is 12.1 Å². The smallest absolute Gasteiger partial charge is 0.326 e. The summed E-state index contributed by atoms with van der Waals surface area (Å²) < 4.78 is 0. The van der Waals surface area contributed by atoms with Gasteiger partial charge < -0.3 is 11.1 Å². The highest BCUT2D eigenvalue weighted by Crippen LogP contribution is 2.13. The molecule has 0 saturated heterocycles. The molecule has 0 atom stereocenters. The van der Waals surface area contributed by atoms with Crippen LogP contribution in [0.1, 0.15) is 24.7 Å². The molecule has 0 spiro atoms. The highest BCUT2D eigenvalue weighted by atomic mass is 16.1. The summed E-state index contributed by atoms with van der Waals surface area (Å²) in [6.07, 6.45) is 0.445. The first-order valence-electron chi connectivity index (χ1n) is 7.35. The molecule has 5 N–H and O–H groups in total. The Hall–Kier alpha value is -2.96. The molecule has 7 heteroatoms. The molecular weight excluding hydrogens is 292 g/mol. The van der Waals surface area contributed by atoms with Crippen molar-refractivity contribution in [2.45, 2.75) is 27.2 Å². The molecule has 0 saturated carbocycles. The highest BCUT2D eigenvalue weighted by Gasteiger charge is 2.06. The van der Waals surface area contributed by atoms with Gasteiger partial charge in [0, 0.05) is 18.2 Å². The lowest BCUT2D eigenvalue weighted by atomic mass is 10.2. The first-order valence-corrected chi connectivity index (χ1v) is 7.35. The fraction of sp³-hybridized carbons (Fsp3) is 0.250. The third kappa shape index (κ3) is 5.06. The lowest BCUT2D eigenvalue weighted by Gasteiger charge is -2.05. The van der Waals surface area contributed by atoms with Crippen LogP contribution in [0, 0.1) is 13.8 Å². The van der Waals surface area contributed by atoms with Crippen molar-refractivity contribution in [3.05, 3.63) is 41.7 Å². The summed E-state index contributed by atoms with van der Waals surface area (Å²) in [5.74, 6) is 0.741. The van der Waals surface area contributed by atoms with Crippen molar-refractivity contribution in [2.24, 2.45) is 5.73 Å². The minimum absolute atomic E-state index is 0.0228. The van der Waals surface area contributed by atoms with Gasteiger partial charge in [-0.05, 0) is 38.1 Å². The molecule has 0 unspecified atom stereocenters. The Bertz CT molecular complexity index is 704. The number of guanidine groups is 1. The average molecular weight is 313 g/mol. The van der Waals surface area contributed by atoms with E-state index in [1.165, 1.54) is 0 Å². The van der Waals surface area contributed by atoms with Crippen LogP contribution in [0.25, 0.3) is 0 Å². The largest absolute Gasteiger partial charge is 0.354 e. The van der Waals surface area contributed by atoms with Crippen LogP contribution in [0.2, 0.25) is 0 Å². The van der Waals surface area contributed by atoms with Gasteiger partial charge in [0.25, 0.3) is 5.96 Å². The number of aryl methyl sites for hydroxylation is 2. The molecule has 1 aromatic heterocycles. The van der Waals surface area contributed by atoms with Crippen LogP contribution < -0.4 is 21.4 Å². The SMILES string of the molecule is CCC(=O)Nc1ccc(NC(N)=[NH+]c2nc(C)cc(C)n2)cc1. The highest BCUT2D eigenvalue weighted by molar-refractivity contribution is 5.91. The van der Waals surface area contributed by atoms with E-state index in [1.807, 2.05) is 39.0 Å². The fourth-order valence-corrected chi connectivity index (χ4v) is 1.98. The van der Waals surface area contributed by atoms with Crippen molar-refractivity contribution >= 4 is 29.2 Å². The Balaban J connectivity index is 2.06. The molecule has 2 aromatic rings. The third-order valence-electron chi connectivity index (χ3n) is 3.00. The number of nitrogens with zero attached hydrogens (tertiary/aromatic N) is 2. The number of amides is 1. The number of carbonyl (C=O) groups is 1. The van der Waals surface area contributed by atoms with E-state index in [4.69, 9.17) is 5.73 Å². The second kappa shape index (κ2) is 7.35. The Kier molecular flexibility index (Phi) is 5.24. The van der Waals surface area contributed by atoms with Gasteiger partial charge in [0.05, 0.1) is 17.1 Å². The van der Waals surface area contributed by atoms with Gasteiger partial charge in [-0.3, -0.25) is 10.1 Å². The fourth-order valence-electron chi connectivity index (χ4n) is 1.98. The zero-order valence-corrected chi connectivity index (χ0v) is 13.5. The summed E-state index contributed by atoms with van der Waals surface area (Å²) >= 11 is 0. The van der Waals surface area contributed by atoms with Crippen LogP contribution >= 0.6 is 0 Å². The molecule has 0 radical (unpaired) electrons. The maximum atomic E-state index is 11.3. The molecule has 1 aromatic carbocycles. The monoisotopic (exact) mass is 313 g/mol. The van der Waals surface area contributed by atoms with Gasteiger partial charge in [0.2, 0.25) is 5.91 Å². The lowest BCUT2D eigenvalue weighted by Crippen LogP contribution is -2.72. The lowest BCUT2D eigenvalue weighted by molar-refractivity contribution is -0.365. The van der Waals surface area contributed by atoms with Crippen LogP contribution in [-0.4, -0.2) is 21.8 Å². The minimum Gasteiger partial charge on any atom is -0.326 e. The summed E-state index contributed by atoms with van der Waals surface area (Å²) in [6, 6.07) is 9.13. The number of nitrogens with one attached hydrogen (secondary N) is 3. The Morgan fingerprint density at radius 3 is 2.13 bits per heavy atom. The molecule has 0 aliphatic rings. The van der Waals surface area contributed by atoms with Crippen molar-refractivity contribution in [2.75, 3.05) is 10.6 Å². The summed E-state index contributed by atoms with van der Waals surface area (Å²) in [7, 11) is 0. The second-order valence-electron chi connectivity index (χ2n) is 5.12. The number of benzene rings is 1. The number of carbonyl (C=O) groups excluding carboxylic acids is 1. The summed E-state index contributed by atoms with van der Waals surface area (Å²) in [4.78, 5) is 22.8. The van der Waals surface area contributed by atoms with E-state index >= 15 is 0 Å². The van der Waals surface area contributed by atoms with Crippen molar-refractivity contribution in [3.63, 3.8) is 0 Å². The Morgan fingerprint density at radius 2 is 1.61 bits per heavy atom. The molecule has 120 valence electrons. The number of hydrogen-bond donors (Lipinski definition) is 4. The first kappa shape index (κ1) is 16.4. The average Bonchev–Trinajstić information content (AvgIpc) is 2.48. The molecule has 1 amide bonds. The number of anilines is 2. The van der Waals surface area contributed by atoms with E-state index in [2.05, 4.69) is 25.6 Å². The normalized spacial score (nSPS) is 11.2. The molecule has 0 aliphatic carbocycles.